The largest absolute Gasteiger partial charge is 0.497 e. The number of piperazine rings is 1. The summed E-state index contributed by atoms with van der Waals surface area (Å²) < 4.78 is 5.26. The average molecular weight is 261 g/mol. The Morgan fingerprint density at radius 1 is 1.37 bits per heavy atom. The molecule has 2 saturated heterocycles. The lowest BCUT2D eigenvalue weighted by molar-refractivity contribution is -0.0841. The molecule has 1 aromatic rings. The third-order valence-electron chi connectivity index (χ3n) is 4.47. The van der Waals surface area contributed by atoms with E-state index in [0.29, 0.717) is 18.1 Å². The van der Waals surface area contributed by atoms with E-state index < -0.39 is 0 Å². The highest BCUT2D eigenvalue weighted by Crippen LogP contribution is 2.34. The summed E-state index contributed by atoms with van der Waals surface area (Å²) in [6, 6.07) is 6.06. The number of fused-ring (bicyclic) bond motifs is 2. The van der Waals surface area contributed by atoms with Crippen LogP contribution in [-0.4, -0.2) is 53.1 Å². The zero-order chi connectivity index (χ0) is 13.4. The highest BCUT2D eigenvalue weighted by atomic mass is 16.5. The summed E-state index contributed by atoms with van der Waals surface area (Å²) >= 11 is 0. The molecule has 1 aromatic heterocycles. The first-order valence-corrected chi connectivity index (χ1v) is 7.16. The van der Waals surface area contributed by atoms with Gasteiger partial charge in [-0.3, -0.25) is 14.8 Å². The van der Waals surface area contributed by atoms with Crippen molar-refractivity contribution in [1.29, 1.82) is 0 Å². The summed E-state index contributed by atoms with van der Waals surface area (Å²) in [6.07, 6.45) is 3.19. The topological polar surface area (TPSA) is 28.6 Å². The molecule has 19 heavy (non-hydrogen) atoms. The first-order chi connectivity index (χ1) is 9.17. The van der Waals surface area contributed by atoms with Crippen molar-refractivity contribution in [3.05, 3.63) is 24.0 Å². The van der Waals surface area contributed by atoms with Crippen LogP contribution < -0.4 is 4.74 Å². The Hall–Kier alpha value is -1.13. The number of aromatic nitrogens is 1. The molecule has 0 spiro atoms. The molecule has 0 aromatic carbocycles. The highest BCUT2D eigenvalue weighted by Gasteiger charge is 2.44. The van der Waals surface area contributed by atoms with Crippen LogP contribution >= 0.6 is 0 Å². The zero-order valence-corrected chi connectivity index (χ0v) is 12.0. The lowest BCUT2D eigenvalue weighted by Crippen LogP contribution is -2.68. The predicted molar refractivity (Wildman–Crippen MR) is 75.2 cm³/mol. The molecule has 4 nitrogen and oxygen atoms in total. The van der Waals surface area contributed by atoms with E-state index >= 15 is 0 Å². The van der Waals surface area contributed by atoms with Crippen molar-refractivity contribution in [1.82, 2.24) is 14.8 Å². The van der Waals surface area contributed by atoms with Crippen molar-refractivity contribution in [2.45, 2.75) is 44.9 Å². The normalized spacial score (nSPS) is 27.4. The van der Waals surface area contributed by atoms with Gasteiger partial charge in [-0.05, 0) is 26.3 Å². The van der Waals surface area contributed by atoms with E-state index in [1.807, 2.05) is 18.3 Å². The van der Waals surface area contributed by atoms with Gasteiger partial charge in [0.25, 0.3) is 0 Å². The lowest BCUT2D eigenvalue weighted by Gasteiger charge is -2.57. The van der Waals surface area contributed by atoms with E-state index in [9.17, 15) is 0 Å². The first-order valence-electron chi connectivity index (χ1n) is 7.16. The van der Waals surface area contributed by atoms with Crippen molar-refractivity contribution in [3.8, 4) is 5.75 Å². The Labute approximate surface area is 115 Å². The van der Waals surface area contributed by atoms with Crippen molar-refractivity contribution >= 4 is 0 Å². The van der Waals surface area contributed by atoms with Gasteiger partial charge in [0, 0.05) is 50.0 Å². The predicted octanol–water partition coefficient (Wildman–Crippen LogP) is 1.76. The summed E-state index contributed by atoms with van der Waals surface area (Å²) in [4.78, 5) is 9.64. The summed E-state index contributed by atoms with van der Waals surface area (Å²) in [5, 5.41) is 0. The van der Waals surface area contributed by atoms with Crippen LogP contribution in [0.1, 0.15) is 26.0 Å². The minimum atomic E-state index is 0.669. The lowest BCUT2D eigenvalue weighted by atomic mass is 9.86. The van der Waals surface area contributed by atoms with Crippen LogP contribution in [0.15, 0.2) is 18.3 Å². The van der Waals surface area contributed by atoms with E-state index in [2.05, 4.69) is 28.6 Å². The number of ether oxygens (including phenoxy) is 1. The number of methoxy groups -OCH3 is 1. The third kappa shape index (κ3) is 2.47. The van der Waals surface area contributed by atoms with Crippen LogP contribution in [0.25, 0.3) is 0 Å². The molecule has 0 saturated carbocycles. The molecule has 0 radical (unpaired) electrons. The highest BCUT2D eigenvalue weighted by molar-refractivity contribution is 5.23. The Kier molecular flexibility index (Phi) is 3.46. The molecule has 2 bridgehead atoms. The van der Waals surface area contributed by atoms with E-state index in [4.69, 9.17) is 4.74 Å². The van der Waals surface area contributed by atoms with Crippen molar-refractivity contribution in [2.24, 2.45) is 0 Å². The smallest absolute Gasteiger partial charge is 0.122 e. The van der Waals surface area contributed by atoms with Gasteiger partial charge in [-0.25, -0.2) is 0 Å². The van der Waals surface area contributed by atoms with Gasteiger partial charge >= 0.3 is 0 Å². The molecule has 2 atom stereocenters. The molecule has 2 aliphatic rings. The van der Waals surface area contributed by atoms with Gasteiger partial charge in [0.2, 0.25) is 0 Å². The number of piperidine rings is 1. The monoisotopic (exact) mass is 261 g/mol. The van der Waals surface area contributed by atoms with Gasteiger partial charge in [-0.1, -0.05) is 0 Å². The van der Waals surface area contributed by atoms with E-state index in [1.54, 1.807) is 7.11 Å². The molecule has 2 aliphatic heterocycles. The molecule has 3 rings (SSSR count). The van der Waals surface area contributed by atoms with Crippen LogP contribution in [0, 0.1) is 0 Å². The summed E-state index contributed by atoms with van der Waals surface area (Å²) in [5.41, 5.74) is 1.12. The molecule has 2 fully saturated rings. The summed E-state index contributed by atoms with van der Waals surface area (Å²) in [7, 11) is 1.71. The van der Waals surface area contributed by atoms with Crippen molar-refractivity contribution < 1.29 is 4.74 Å². The Morgan fingerprint density at radius 3 is 2.74 bits per heavy atom. The van der Waals surface area contributed by atoms with Gasteiger partial charge in [0.1, 0.15) is 5.75 Å². The maximum atomic E-state index is 5.26. The van der Waals surface area contributed by atoms with Gasteiger partial charge in [0.05, 0.1) is 12.8 Å². The number of likely N-dealkylation sites (tertiary alicyclic amines) is 2. The van der Waals surface area contributed by atoms with Crippen LogP contribution in [-0.2, 0) is 6.54 Å². The number of nitrogens with zero attached hydrogens (tertiary/aromatic N) is 3. The average Bonchev–Trinajstić information content (AvgIpc) is 2.45. The Bertz CT molecular complexity index is 437. The molecule has 104 valence electrons. The second-order valence-electron chi connectivity index (χ2n) is 5.95. The summed E-state index contributed by atoms with van der Waals surface area (Å²) in [6.45, 7) is 7.95. The van der Waals surface area contributed by atoms with Crippen LogP contribution in [0.5, 0.6) is 5.75 Å². The van der Waals surface area contributed by atoms with Crippen LogP contribution in [0.4, 0.5) is 0 Å². The van der Waals surface area contributed by atoms with Gasteiger partial charge in [0.15, 0.2) is 0 Å². The number of hydrogen-bond acceptors (Lipinski definition) is 4. The number of rotatable bonds is 4. The van der Waals surface area contributed by atoms with Gasteiger partial charge in [-0.15, -0.1) is 0 Å². The first kappa shape index (κ1) is 12.9. The van der Waals surface area contributed by atoms with E-state index in [0.717, 1.165) is 18.0 Å². The van der Waals surface area contributed by atoms with Crippen molar-refractivity contribution in [3.63, 3.8) is 0 Å². The molecule has 0 amide bonds. The van der Waals surface area contributed by atoms with Crippen LogP contribution in [0.3, 0.4) is 0 Å². The Balaban J connectivity index is 1.63. The fourth-order valence-corrected chi connectivity index (χ4v) is 3.26. The molecule has 0 aliphatic carbocycles. The zero-order valence-electron chi connectivity index (χ0n) is 12.0. The second-order valence-corrected chi connectivity index (χ2v) is 5.95. The minimum Gasteiger partial charge on any atom is -0.497 e. The van der Waals surface area contributed by atoms with Gasteiger partial charge in [-0.2, -0.15) is 0 Å². The quantitative estimate of drug-likeness (QED) is 0.826. The third-order valence-corrected chi connectivity index (χ3v) is 4.47. The minimum absolute atomic E-state index is 0.669. The van der Waals surface area contributed by atoms with Crippen LogP contribution in [0.2, 0.25) is 0 Å². The van der Waals surface area contributed by atoms with Gasteiger partial charge < -0.3 is 4.74 Å². The standard InChI is InChI=1S/C15H23N3O/c1-11(2)17-9-13-7-14(10-17)18(13)8-12-6-15(19-3)4-5-16-12/h4-6,11,13-14H,7-10H2,1-3H3. The fourth-order valence-electron chi connectivity index (χ4n) is 3.26. The maximum absolute atomic E-state index is 5.26. The summed E-state index contributed by atoms with van der Waals surface area (Å²) in [5.74, 6) is 0.902. The molecule has 0 N–H and O–H groups in total. The molecule has 3 heterocycles. The SMILES string of the molecule is COc1ccnc(CN2C3CC2CN(C(C)C)C3)c1. The number of hydrogen-bond donors (Lipinski definition) is 0. The molecular formula is C15H23N3O. The second kappa shape index (κ2) is 5.10. The fraction of sp³-hybridized carbons (Fsp3) is 0.667. The molecule has 2 unspecified atom stereocenters. The Morgan fingerprint density at radius 2 is 2.11 bits per heavy atom. The van der Waals surface area contributed by atoms with Crippen molar-refractivity contribution in [2.75, 3.05) is 20.2 Å². The molecule has 4 heteroatoms. The van der Waals surface area contributed by atoms with E-state index in [1.165, 1.54) is 19.5 Å². The van der Waals surface area contributed by atoms with E-state index in [-0.39, 0.29) is 0 Å². The maximum Gasteiger partial charge on any atom is 0.122 e. The number of pyridine rings is 1. The molecular weight excluding hydrogens is 238 g/mol.